The summed E-state index contributed by atoms with van der Waals surface area (Å²) >= 11 is 5.86. The Morgan fingerprint density at radius 1 is 1.41 bits per heavy atom. The molecule has 2 N–H and O–H groups in total. The monoisotopic (exact) mass is 318 g/mol. The number of aromatic nitrogens is 1. The molecular weight excluding hydrogens is 300 g/mol. The number of carbonyl (C=O) groups is 1. The van der Waals surface area contributed by atoms with E-state index in [1.165, 1.54) is 6.07 Å². The number of phenolic OH excluding ortho intramolecular Hbond substituents is 1. The lowest BCUT2D eigenvalue weighted by atomic mass is 10.0. The molecule has 4 nitrogen and oxygen atoms in total. The molecule has 0 saturated carbocycles. The summed E-state index contributed by atoms with van der Waals surface area (Å²) in [5.74, 6) is -0.0833. The fourth-order valence-corrected chi connectivity index (χ4v) is 2.52. The van der Waals surface area contributed by atoms with Crippen molar-refractivity contribution in [2.45, 2.75) is 32.7 Å². The van der Waals surface area contributed by atoms with Gasteiger partial charge in [-0.3, -0.25) is 9.78 Å². The van der Waals surface area contributed by atoms with Gasteiger partial charge in [0.2, 0.25) is 5.91 Å². The molecule has 0 aliphatic heterocycles. The average Bonchev–Trinajstić information content (AvgIpc) is 2.49. The van der Waals surface area contributed by atoms with Crippen molar-refractivity contribution in [3.05, 3.63) is 58.4 Å². The Hall–Kier alpha value is -2.07. The maximum absolute atomic E-state index is 12.2. The zero-order chi connectivity index (χ0) is 16.1. The van der Waals surface area contributed by atoms with E-state index < -0.39 is 0 Å². The Labute approximate surface area is 135 Å². The minimum Gasteiger partial charge on any atom is -0.506 e. The number of aryl methyl sites for hydroxylation is 1. The molecule has 1 atom stereocenters. The van der Waals surface area contributed by atoms with Crippen molar-refractivity contribution in [3.63, 3.8) is 0 Å². The highest BCUT2D eigenvalue weighted by atomic mass is 35.5. The van der Waals surface area contributed by atoms with Gasteiger partial charge in [-0.05, 0) is 42.7 Å². The van der Waals surface area contributed by atoms with E-state index in [0.29, 0.717) is 0 Å². The first-order chi connectivity index (χ1) is 10.5. The zero-order valence-corrected chi connectivity index (χ0v) is 13.4. The van der Waals surface area contributed by atoms with Crippen LogP contribution in [0.25, 0.3) is 0 Å². The SMILES string of the molecule is CC[C@H](NC(=O)Cc1ccc(O)c(Cl)c1)c1ncccc1C. The first-order valence-corrected chi connectivity index (χ1v) is 7.57. The van der Waals surface area contributed by atoms with Gasteiger partial charge in [0.1, 0.15) is 5.75 Å². The van der Waals surface area contributed by atoms with Gasteiger partial charge in [0, 0.05) is 6.20 Å². The average molecular weight is 319 g/mol. The van der Waals surface area contributed by atoms with Gasteiger partial charge in [0.05, 0.1) is 23.2 Å². The van der Waals surface area contributed by atoms with Crippen LogP contribution in [0.5, 0.6) is 5.75 Å². The van der Waals surface area contributed by atoms with Crippen LogP contribution in [0.4, 0.5) is 0 Å². The van der Waals surface area contributed by atoms with E-state index in [1.54, 1.807) is 18.3 Å². The Morgan fingerprint density at radius 3 is 2.82 bits per heavy atom. The Balaban J connectivity index is 2.06. The Bertz CT molecular complexity index is 673. The van der Waals surface area contributed by atoms with Gasteiger partial charge in [0.15, 0.2) is 0 Å². The molecule has 1 aromatic carbocycles. The third-order valence-electron chi connectivity index (χ3n) is 3.50. The fraction of sp³-hybridized carbons (Fsp3) is 0.294. The second kappa shape index (κ2) is 7.27. The smallest absolute Gasteiger partial charge is 0.224 e. The predicted octanol–water partition coefficient (Wildman–Crippen LogP) is 3.56. The number of rotatable bonds is 5. The predicted molar refractivity (Wildman–Crippen MR) is 87.0 cm³/mol. The highest BCUT2D eigenvalue weighted by Crippen LogP contribution is 2.24. The number of nitrogens with one attached hydrogen (secondary N) is 1. The largest absolute Gasteiger partial charge is 0.506 e. The van der Waals surface area contributed by atoms with Crippen LogP contribution in [0.1, 0.15) is 36.2 Å². The third kappa shape index (κ3) is 3.98. The molecule has 0 aliphatic carbocycles. The highest BCUT2D eigenvalue weighted by Gasteiger charge is 2.16. The maximum Gasteiger partial charge on any atom is 0.224 e. The second-order valence-corrected chi connectivity index (χ2v) is 5.60. The summed E-state index contributed by atoms with van der Waals surface area (Å²) in [6.45, 7) is 3.99. The van der Waals surface area contributed by atoms with Crippen molar-refractivity contribution in [2.75, 3.05) is 0 Å². The van der Waals surface area contributed by atoms with Crippen LogP contribution < -0.4 is 5.32 Å². The first-order valence-electron chi connectivity index (χ1n) is 7.19. The lowest BCUT2D eigenvalue weighted by molar-refractivity contribution is -0.121. The molecule has 0 unspecified atom stereocenters. The summed E-state index contributed by atoms with van der Waals surface area (Å²) < 4.78 is 0. The molecule has 0 aliphatic rings. The van der Waals surface area contributed by atoms with E-state index >= 15 is 0 Å². The molecule has 0 bridgehead atoms. The number of benzene rings is 1. The molecule has 1 heterocycles. The summed E-state index contributed by atoms with van der Waals surface area (Å²) in [6.07, 6.45) is 2.71. The van der Waals surface area contributed by atoms with Gasteiger partial charge in [0.25, 0.3) is 0 Å². The number of phenols is 1. The van der Waals surface area contributed by atoms with Crippen LogP contribution in [-0.4, -0.2) is 16.0 Å². The van der Waals surface area contributed by atoms with Crippen LogP contribution >= 0.6 is 11.6 Å². The second-order valence-electron chi connectivity index (χ2n) is 5.20. The van der Waals surface area contributed by atoms with E-state index in [1.807, 2.05) is 26.0 Å². The minimum atomic E-state index is -0.110. The summed E-state index contributed by atoms with van der Waals surface area (Å²) in [5, 5.41) is 12.6. The lowest BCUT2D eigenvalue weighted by Gasteiger charge is -2.18. The standard InChI is InChI=1S/C17H19ClN2O2/c1-3-14(17-11(2)5-4-8-19-17)20-16(22)10-12-6-7-15(21)13(18)9-12/h4-9,14,21H,3,10H2,1-2H3,(H,20,22)/t14-/m0/s1. The van der Waals surface area contributed by atoms with Crippen LogP contribution in [0.3, 0.4) is 0 Å². The number of hydrogen-bond acceptors (Lipinski definition) is 3. The maximum atomic E-state index is 12.2. The van der Waals surface area contributed by atoms with Gasteiger partial charge in [-0.1, -0.05) is 30.7 Å². The van der Waals surface area contributed by atoms with E-state index in [4.69, 9.17) is 11.6 Å². The summed E-state index contributed by atoms with van der Waals surface area (Å²) in [5.41, 5.74) is 2.71. The number of amides is 1. The van der Waals surface area contributed by atoms with Crippen molar-refractivity contribution in [2.24, 2.45) is 0 Å². The van der Waals surface area contributed by atoms with Crippen molar-refractivity contribution >= 4 is 17.5 Å². The van der Waals surface area contributed by atoms with E-state index in [-0.39, 0.29) is 29.1 Å². The van der Waals surface area contributed by atoms with Gasteiger partial charge in [-0.25, -0.2) is 0 Å². The van der Waals surface area contributed by atoms with Crippen molar-refractivity contribution < 1.29 is 9.90 Å². The van der Waals surface area contributed by atoms with E-state index in [9.17, 15) is 9.90 Å². The topological polar surface area (TPSA) is 62.2 Å². The van der Waals surface area contributed by atoms with Crippen molar-refractivity contribution in [3.8, 4) is 5.75 Å². The van der Waals surface area contributed by atoms with Gasteiger partial charge < -0.3 is 10.4 Å². The fourth-order valence-electron chi connectivity index (χ4n) is 2.32. The molecule has 1 amide bonds. The van der Waals surface area contributed by atoms with E-state index in [2.05, 4.69) is 10.3 Å². The van der Waals surface area contributed by atoms with Crippen LogP contribution in [0.2, 0.25) is 5.02 Å². The van der Waals surface area contributed by atoms with E-state index in [0.717, 1.165) is 23.2 Å². The van der Waals surface area contributed by atoms with Crippen molar-refractivity contribution in [1.82, 2.24) is 10.3 Å². The molecule has 5 heteroatoms. The molecule has 116 valence electrons. The van der Waals surface area contributed by atoms with Gasteiger partial charge in [-0.15, -0.1) is 0 Å². The molecule has 2 rings (SSSR count). The Morgan fingerprint density at radius 2 is 2.18 bits per heavy atom. The summed E-state index contributed by atoms with van der Waals surface area (Å²) in [7, 11) is 0. The zero-order valence-electron chi connectivity index (χ0n) is 12.6. The number of halogens is 1. The number of pyridine rings is 1. The molecule has 1 aromatic heterocycles. The molecule has 22 heavy (non-hydrogen) atoms. The Kier molecular flexibility index (Phi) is 5.39. The third-order valence-corrected chi connectivity index (χ3v) is 3.80. The minimum absolute atomic E-state index is 0.0152. The molecule has 2 aromatic rings. The molecule has 0 saturated heterocycles. The number of carbonyl (C=O) groups excluding carboxylic acids is 1. The normalized spacial score (nSPS) is 12.0. The molecule has 0 spiro atoms. The van der Waals surface area contributed by atoms with Crippen LogP contribution in [-0.2, 0) is 11.2 Å². The van der Waals surface area contributed by atoms with Crippen LogP contribution in [0.15, 0.2) is 36.5 Å². The summed E-state index contributed by atoms with van der Waals surface area (Å²) in [4.78, 5) is 16.6. The lowest BCUT2D eigenvalue weighted by Crippen LogP contribution is -2.30. The quantitative estimate of drug-likeness (QED) is 0.886. The number of aromatic hydroxyl groups is 1. The van der Waals surface area contributed by atoms with Crippen molar-refractivity contribution in [1.29, 1.82) is 0 Å². The highest BCUT2D eigenvalue weighted by molar-refractivity contribution is 6.32. The number of hydrogen-bond donors (Lipinski definition) is 2. The molecule has 0 radical (unpaired) electrons. The first kappa shape index (κ1) is 16.3. The summed E-state index contributed by atoms with van der Waals surface area (Å²) in [6, 6.07) is 8.53. The van der Waals surface area contributed by atoms with Gasteiger partial charge in [-0.2, -0.15) is 0 Å². The molecule has 0 fully saturated rings. The number of nitrogens with zero attached hydrogens (tertiary/aromatic N) is 1. The van der Waals surface area contributed by atoms with Gasteiger partial charge >= 0.3 is 0 Å². The molecular formula is C17H19ClN2O2. The van der Waals surface area contributed by atoms with Crippen LogP contribution in [0, 0.1) is 6.92 Å².